The Kier molecular flexibility index (Phi) is 4.07. The highest BCUT2D eigenvalue weighted by molar-refractivity contribution is 9.10. The molecular weight excluding hydrogens is 349 g/mol. The van der Waals surface area contributed by atoms with E-state index in [2.05, 4.69) is 20.9 Å². The summed E-state index contributed by atoms with van der Waals surface area (Å²) in [5.41, 5.74) is 5.86. The van der Waals surface area contributed by atoms with E-state index in [0.29, 0.717) is 27.9 Å². The fraction of sp³-hybridized carbons (Fsp3) is 0.385. The Morgan fingerprint density at radius 3 is 2.75 bits per heavy atom. The van der Waals surface area contributed by atoms with Crippen molar-refractivity contribution in [3.8, 4) is 0 Å². The van der Waals surface area contributed by atoms with Crippen molar-refractivity contribution in [2.45, 2.75) is 26.3 Å². The molecule has 2 aromatic rings. The molecule has 0 aliphatic carbocycles. The van der Waals surface area contributed by atoms with E-state index in [1.165, 1.54) is 6.07 Å². The molecule has 2 N–H and O–H groups in total. The van der Waals surface area contributed by atoms with Crippen LogP contribution in [-0.2, 0) is 17.2 Å². The van der Waals surface area contributed by atoms with Crippen molar-refractivity contribution in [2.24, 2.45) is 11.1 Å². The molecule has 0 radical (unpaired) electrons. The second-order valence-electron chi connectivity index (χ2n) is 5.25. The molecule has 7 heteroatoms. The Labute approximate surface area is 129 Å². The van der Waals surface area contributed by atoms with Crippen LogP contribution in [0, 0.1) is 11.2 Å². The smallest absolute Gasteiger partial charge is 0.224 e. The van der Waals surface area contributed by atoms with Crippen LogP contribution in [0.2, 0.25) is 0 Å². The highest BCUT2D eigenvalue weighted by atomic mass is 79.9. The van der Waals surface area contributed by atoms with Gasteiger partial charge in [-0.25, -0.2) is 9.37 Å². The topological polar surface area (TPSA) is 60.9 Å². The molecule has 0 bridgehead atoms. The van der Waals surface area contributed by atoms with Crippen LogP contribution in [0.5, 0.6) is 0 Å². The summed E-state index contributed by atoms with van der Waals surface area (Å²) >= 11 is 9.04. The summed E-state index contributed by atoms with van der Waals surface area (Å²) in [6.45, 7) is 3.83. The van der Waals surface area contributed by atoms with Gasteiger partial charge in [0.05, 0.1) is 26.8 Å². The van der Waals surface area contributed by atoms with E-state index >= 15 is 0 Å². The Hall–Kier alpha value is -1.14. The number of rotatable bonds is 4. The van der Waals surface area contributed by atoms with Crippen molar-refractivity contribution in [1.82, 2.24) is 9.55 Å². The van der Waals surface area contributed by atoms with Crippen LogP contribution in [0.25, 0.3) is 11.0 Å². The highest BCUT2D eigenvalue weighted by Crippen LogP contribution is 2.28. The van der Waals surface area contributed by atoms with Crippen LogP contribution in [0.15, 0.2) is 16.6 Å². The standard InChI is InChI=1S/C13H14BrClFN3O/c1-13(2,12(17)20)6-19-10-3-7(14)8(16)4-9(10)18-11(19)5-15/h3-4H,5-6H2,1-2H3,(H2,17,20). The van der Waals surface area contributed by atoms with E-state index in [4.69, 9.17) is 17.3 Å². The van der Waals surface area contributed by atoms with Gasteiger partial charge in [-0.2, -0.15) is 0 Å². The Morgan fingerprint density at radius 2 is 2.20 bits per heavy atom. The largest absolute Gasteiger partial charge is 0.369 e. The van der Waals surface area contributed by atoms with Crippen LogP contribution >= 0.6 is 27.5 Å². The second-order valence-corrected chi connectivity index (χ2v) is 6.37. The molecule has 4 nitrogen and oxygen atoms in total. The molecule has 1 aromatic heterocycles. The average molecular weight is 363 g/mol. The first-order chi connectivity index (χ1) is 9.26. The number of alkyl halides is 1. The van der Waals surface area contributed by atoms with Gasteiger partial charge < -0.3 is 10.3 Å². The minimum absolute atomic E-state index is 0.169. The normalized spacial score (nSPS) is 12.1. The monoisotopic (exact) mass is 361 g/mol. The fourth-order valence-corrected chi connectivity index (χ4v) is 2.46. The van der Waals surface area contributed by atoms with E-state index in [-0.39, 0.29) is 5.88 Å². The van der Waals surface area contributed by atoms with Gasteiger partial charge in [0.25, 0.3) is 0 Å². The predicted molar refractivity (Wildman–Crippen MR) is 79.9 cm³/mol. The second kappa shape index (κ2) is 5.33. The molecule has 0 aliphatic heterocycles. The number of nitrogens with two attached hydrogens (primary N) is 1. The first-order valence-corrected chi connectivity index (χ1v) is 7.29. The summed E-state index contributed by atoms with van der Waals surface area (Å²) in [7, 11) is 0. The highest BCUT2D eigenvalue weighted by Gasteiger charge is 2.27. The third-order valence-corrected chi connectivity index (χ3v) is 4.06. The molecule has 0 saturated heterocycles. The molecular formula is C13H14BrClFN3O. The first-order valence-electron chi connectivity index (χ1n) is 5.96. The predicted octanol–water partition coefficient (Wildman–Crippen LogP) is 3.19. The van der Waals surface area contributed by atoms with Crippen LogP contribution in [0.3, 0.4) is 0 Å². The first kappa shape index (κ1) is 15.3. The summed E-state index contributed by atoms with van der Waals surface area (Å²) in [4.78, 5) is 15.8. The van der Waals surface area contributed by atoms with Crippen LogP contribution in [0.4, 0.5) is 4.39 Å². The van der Waals surface area contributed by atoms with E-state index in [0.717, 1.165) is 0 Å². The lowest BCUT2D eigenvalue weighted by Crippen LogP contribution is -2.35. The van der Waals surface area contributed by atoms with Gasteiger partial charge in [0, 0.05) is 12.6 Å². The zero-order chi connectivity index (χ0) is 15.1. The molecule has 1 amide bonds. The third-order valence-electron chi connectivity index (χ3n) is 3.21. The van der Waals surface area contributed by atoms with E-state index in [1.54, 1.807) is 24.5 Å². The number of carbonyl (C=O) groups is 1. The molecule has 1 heterocycles. The van der Waals surface area contributed by atoms with Crippen molar-refractivity contribution in [3.05, 3.63) is 28.2 Å². The molecule has 0 aliphatic rings. The van der Waals surface area contributed by atoms with Crippen molar-refractivity contribution >= 4 is 44.5 Å². The number of amides is 1. The van der Waals surface area contributed by atoms with Crippen LogP contribution in [0.1, 0.15) is 19.7 Å². The number of primary amides is 1. The van der Waals surface area contributed by atoms with Crippen molar-refractivity contribution in [2.75, 3.05) is 0 Å². The number of imidazole rings is 1. The Balaban J connectivity index is 2.61. The molecule has 0 unspecified atom stereocenters. The summed E-state index contributed by atoms with van der Waals surface area (Å²) in [5.74, 6) is -0.0602. The Bertz CT molecular complexity index is 684. The fourth-order valence-electron chi connectivity index (χ4n) is 1.92. The van der Waals surface area contributed by atoms with Gasteiger partial charge in [-0.15, -0.1) is 11.6 Å². The van der Waals surface area contributed by atoms with Gasteiger partial charge in [0.1, 0.15) is 11.6 Å². The van der Waals surface area contributed by atoms with Gasteiger partial charge in [-0.3, -0.25) is 4.79 Å². The van der Waals surface area contributed by atoms with E-state index in [9.17, 15) is 9.18 Å². The summed E-state index contributed by atoms with van der Waals surface area (Å²) in [5, 5.41) is 0. The molecule has 1 aromatic carbocycles. The number of nitrogens with zero attached hydrogens (tertiary/aromatic N) is 2. The number of aromatic nitrogens is 2. The minimum Gasteiger partial charge on any atom is -0.369 e. The lowest BCUT2D eigenvalue weighted by atomic mass is 9.92. The van der Waals surface area contributed by atoms with Crippen LogP contribution < -0.4 is 5.73 Å². The summed E-state index contributed by atoms with van der Waals surface area (Å²) < 4.78 is 15.7. The third kappa shape index (κ3) is 2.67. The molecule has 108 valence electrons. The molecule has 20 heavy (non-hydrogen) atoms. The van der Waals surface area contributed by atoms with Gasteiger partial charge in [-0.05, 0) is 35.8 Å². The van der Waals surface area contributed by atoms with Gasteiger partial charge >= 0.3 is 0 Å². The van der Waals surface area contributed by atoms with E-state index < -0.39 is 17.1 Å². The average Bonchev–Trinajstić information content (AvgIpc) is 2.67. The lowest BCUT2D eigenvalue weighted by molar-refractivity contribution is -0.126. The molecule has 0 fully saturated rings. The maximum absolute atomic E-state index is 13.6. The summed E-state index contributed by atoms with van der Waals surface area (Å²) in [6, 6.07) is 2.97. The number of fused-ring (bicyclic) bond motifs is 1. The minimum atomic E-state index is -0.755. The molecule has 0 spiro atoms. The zero-order valence-electron chi connectivity index (χ0n) is 11.1. The number of halogens is 3. The number of hydrogen-bond donors (Lipinski definition) is 1. The van der Waals surface area contributed by atoms with Gasteiger partial charge in [0.2, 0.25) is 5.91 Å². The lowest BCUT2D eigenvalue weighted by Gasteiger charge is -2.22. The Morgan fingerprint density at radius 1 is 1.55 bits per heavy atom. The zero-order valence-corrected chi connectivity index (χ0v) is 13.4. The van der Waals surface area contributed by atoms with Gasteiger partial charge in [-0.1, -0.05) is 0 Å². The number of benzene rings is 1. The quantitative estimate of drug-likeness (QED) is 0.849. The molecule has 2 rings (SSSR count). The van der Waals surface area contributed by atoms with Crippen molar-refractivity contribution < 1.29 is 9.18 Å². The van der Waals surface area contributed by atoms with Gasteiger partial charge in [0.15, 0.2) is 0 Å². The number of hydrogen-bond acceptors (Lipinski definition) is 2. The molecule has 0 atom stereocenters. The SMILES string of the molecule is CC(C)(Cn1c(CCl)nc2cc(F)c(Br)cc21)C(N)=O. The van der Waals surface area contributed by atoms with Crippen molar-refractivity contribution in [3.63, 3.8) is 0 Å². The summed E-state index contributed by atoms with van der Waals surface area (Å²) in [6.07, 6.45) is 0. The van der Waals surface area contributed by atoms with Crippen molar-refractivity contribution in [1.29, 1.82) is 0 Å². The maximum atomic E-state index is 13.6. The number of carbonyl (C=O) groups excluding carboxylic acids is 1. The van der Waals surface area contributed by atoms with Crippen LogP contribution in [-0.4, -0.2) is 15.5 Å². The maximum Gasteiger partial charge on any atom is 0.224 e. The molecule has 0 saturated carbocycles. The van der Waals surface area contributed by atoms with E-state index in [1.807, 2.05) is 0 Å².